The number of rotatable bonds is 8. The molecular formula is C26H34N2O7S. The molecule has 0 radical (unpaired) electrons. The molecule has 1 aromatic rings. The number of amides is 2. The van der Waals surface area contributed by atoms with Crippen LogP contribution in [0.15, 0.2) is 48.3 Å². The highest BCUT2D eigenvalue weighted by molar-refractivity contribution is 7.94. The number of allylic oxidation sites excluding steroid dienone is 2. The van der Waals surface area contributed by atoms with E-state index in [0.717, 1.165) is 12.8 Å². The number of nitrogens with zero attached hydrogens (tertiary/aromatic N) is 1. The predicted octanol–water partition coefficient (Wildman–Crippen LogP) is 2.23. The predicted molar refractivity (Wildman–Crippen MR) is 134 cm³/mol. The van der Waals surface area contributed by atoms with Crippen molar-refractivity contribution in [2.24, 2.45) is 11.7 Å². The molecule has 2 saturated heterocycles. The second-order valence-corrected chi connectivity index (χ2v) is 12.0. The summed E-state index contributed by atoms with van der Waals surface area (Å²) in [5, 5.41) is -0.817. The van der Waals surface area contributed by atoms with Crippen LogP contribution < -0.4 is 10.5 Å². The van der Waals surface area contributed by atoms with Crippen LogP contribution in [0.4, 0.5) is 0 Å². The summed E-state index contributed by atoms with van der Waals surface area (Å²) in [4.78, 5) is 26.8. The molecule has 2 fully saturated rings. The smallest absolute Gasteiger partial charge is 0.253 e. The van der Waals surface area contributed by atoms with E-state index >= 15 is 0 Å². The van der Waals surface area contributed by atoms with Gasteiger partial charge in [0.25, 0.3) is 5.91 Å². The zero-order valence-corrected chi connectivity index (χ0v) is 21.4. The van der Waals surface area contributed by atoms with Crippen LogP contribution >= 0.6 is 0 Å². The van der Waals surface area contributed by atoms with E-state index in [0.29, 0.717) is 42.7 Å². The summed E-state index contributed by atoms with van der Waals surface area (Å²) in [7, 11) is -2.24. The number of likely N-dealkylation sites (tertiary alicyclic amines) is 1. The van der Waals surface area contributed by atoms with Crippen LogP contribution in [-0.4, -0.2) is 75.1 Å². The maximum absolute atomic E-state index is 13.3. The largest absolute Gasteiger partial charge is 0.497 e. The first kappa shape index (κ1) is 26.2. The quantitative estimate of drug-likeness (QED) is 0.559. The molecular weight excluding hydrogens is 484 g/mol. The summed E-state index contributed by atoms with van der Waals surface area (Å²) in [6.45, 7) is 2.22. The normalized spacial score (nSPS) is 22.5. The molecule has 3 aliphatic rings. The van der Waals surface area contributed by atoms with Crippen LogP contribution in [0.2, 0.25) is 0 Å². The van der Waals surface area contributed by atoms with E-state index in [9.17, 15) is 18.0 Å². The lowest BCUT2D eigenvalue weighted by molar-refractivity contribution is -0.122. The van der Waals surface area contributed by atoms with Gasteiger partial charge in [-0.15, -0.1) is 0 Å². The number of ether oxygens (including phenoxy) is 3. The maximum atomic E-state index is 13.3. The van der Waals surface area contributed by atoms with E-state index in [4.69, 9.17) is 19.9 Å². The number of hydrogen-bond acceptors (Lipinski definition) is 7. The van der Waals surface area contributed by atoms with Gasteiger partial charge in [0, 0.05) is 31.9 Å². The van der Waals surface area contributed by atoms with E-state index in [1.807, 2.05) is 4.90 Å². The number of piperidine rings is 1. The number of carbonyl (C=O) groups is 2. The third-order valence-electron chi connectivity index (χ3n) is 7.44. The van der Waals surface area contributed by atoms with Gasteiger partial charge < -0.3 is 24.8 Å². The summed E-state index contributed by atoms with van der Waals surface area (Å²) < 4.78 is 41.4. The van der Waals surface area contributed by atoms with Crippen molar-refractivity contribution in [2.45, 2.75) is 42.1 Å². The highest BCUT2D eigenvalue weighted by Gasteiger charge is 2.52. The van der Waals surface area contributed by atoms with Crippen LogP contribution in [0.1, 0.15) is 42.5 Å². The van der Waals surface area contributed by atoms with Crippen molar-refractivity contribution in [3.05, 3.63) is 53.8 Å². The van der Waals surface area contributed by atoms with Crippen molar-refractivity contribution < 1.29 is 32.2 Å². The van der Waals surface area contributed by atoms with Crippen molar-refractivity contribution in [3.8, 4) is 5.75 Å². The molecule has 1 aromatic carbocycles. The van der Waals surface area contributed by atoms with Gasteiger partial charge in [-0.25, -0.2) is 8.42 Å². The molecule has 196 valence electrons. The van der Waals surface area contributed by atoms with Gasteiger partial charge in [-0.05, 0) is 74.4 Å². The van der Waals surface area contributed by atoms with Crippen LogP contribution in [0.3, 0.4) is 0 Å². The fourth-order valence-electron chi connectivity index (χ4n) is 5.01. The zero-order valence-electron chi connectivity index (χ0n) is 20.6. The Bertz CT molecular complexity index is 1110. The van der Waals surface area contributed by atoms with E-state index < -0.39 is 25.7 Å². The Kier molecular flexibility index (Phi) is 8.04. The SMILES string of the molecule is COc1ccc(C(=O)N2CCC(COC3=CCC(S(=O)(=O)C4(C(N)=O)CCOCC4)C=C3)CC2)cc1. The molecule has 36 heavy (non-hydrogen) atoms. The highest BCUT2D eigenvalue weighted by atomic mass is 32.2. The van der Waals surface area contributed by atoms with Gasteiger partial charge in [-0.1, -0.05) is 6.08 Å². The van der Waals surface area contributed by atoms with Gasteiger partial charge in [0.15, 0.2) is 14.6 Å². The number of methoxy groups -OCH3 is 1. The van der Waals surface area contributed by atoms with E-state index in [2.05, 4.69) is 0 Å². The number of carbonyl (C=O) groups excluding carboxylic acids is 2. The second-order valence-electron chi connectivity index (χ2n) is 9.53. The third-order valence-corrected chi connectivity index (χ3v) is 10.3. The van der Waals surface area contributed by atoms with Gasteiger partial charge in [-0.3, -0.25) is 9.59 Å². The Hall–Kier alpha value is -2.85. The Morgan fingerprint density at radius 3 is 2.36 bits per heavy atom. The molecule has 0 saturated carbocycles. The van der Waals surface area contributed by atoms with Crippen LogP contribution in [0.5, 0.6) is 5.75 Å². The third kappa shape index (κ3) is 5.29. The first-order valence-electron chi connectivity index (χ1n) is 12.3. The first-order chi connectivity index (χ1) is 17.3. The van der Waals surface area contributed by atoms with Gasteiger partial charge in [-0.2, -0.15) is 0 Å². The molecule has 9 nitrogen and oxygen atoms in total. The molecule has 1 unspecified atom stereocenters. The van der Waals surface area contributed by atoms with E-state index in [1.54, 1.807) is 49.6 Å². The average Bonchev–Trinajstić information content (AvgIpc) is 2.92. The Morgan fingerprint density at radius 2 is 1.81 bits per heavy atom. The maximum Gasteiger partial charge on any atom is 0.253 e. The number of nitrogens with two attached hydrogens (primary N) is 1. The van der Waals surface area contributed by atoms with Crippen LogP contribution in [0, 0.1) is 5.92 Å². The fraction of sp³-hybridized carbons (Fsp3) is 0.538. The van der Waals surface area contributed by atoms with Crippen molar-refractivity contribution in [1.29, 1.82) is 0 Å². The van der Waals surface area contributed by atoms with Crippen molar-refractivity contribution in [2.75, 3.05) is 40.0 Å². The number of hydrogen-bond donors (Lipinski definition) is 1. The van der Waals surface area contributed by atoms with Gasteiger partial charge in [0.2, 0.25) is 5.91 Å². The Morgan fingerprint density at radius 1 is 1.14 bits per heavy atom. The number of primary amides is 1. The fourth-order valence-corrected chi connectivity index (χ4v) is 7.24. The molecule has 0 bridgehead atoms. The molecule has 1 aliphatic carbocycles. The minimum absolute atomic E-state index is 0.0143. The lowest BCUT2D eigenvalue weighted by Crippen LogP contribution is -2.56. The van der Waals surface area contributed by atoms with E-state index in [-0.39, 0.29) is 38.4 Å². The summed E-state index contributed by atoms with van der Waals surface area (Å²) in [6, 6.07) is 7.12. The van der Waals surface area contributed by atoms with Crippen molar-refractivity contribution >= 4 is 21.7 Å². The molecule has 0 aromatic heterocycles. The summed E-state index contributed by atoms with van der Waals surface area (Å²) in [5.41, 5.74) is 6.20. The minimum atomic E-state index is -3.83. The standard InChI is InChI=1S/C26H34N2O7S/c1-33-21-4-2-20(3-5-21)24(29)28-14-10-19(11-15-28)18-35-22-6-8-23(9-7-22)36(31,32)26(25(27)30)12-16-34-17-13-26/h2-8,19,23H,9-18H2,1H3,(H2,27,30). The molecule has 2 N–H and O–H groups in total. The lowest BCUT2D eigenvalue weighted by atomic mass is 9.97. The molecule has 2 aliphatic heterocycles. The first-order valence-corrected chi connectivity index (χ1v) is 13.9. The zero-order chi connectivity index (χ0) is 25.8. The summed E-state index contributed by atoms with van der Waals surface area (Å²) in [5.74, 6) is 0.857. The molecule has 1 atom stereocenters. The van der Waals surface area contributed by atoms with Gasteiger partial charge in [0.1, 0.15) is 11.5 Å². The Balaban J connectivity index is 1.26. The average molecular weight is 519 g/mol. The van der Waals surface area contributed by atoms with Crippen molar-refractivity contribution in [3.63, 3.8) is 0 Å². The summed E-state index contributed by atoms with van der Waals surface area (Å²) >= 11 is 0. The topological polar surface area (TPSA) is 125 Å². The molecule has 2 amide bonds. The van der Waals surface area contributed by atoms with Crippen molar-refractivity contribution in [1.82, 2.24) is 4.90 Å². The van der Waals surface area contributed by atoms with E-state index in [1.165, 1.54) is 0 Å². The van der Waals surface area contributed by atoms with Crippen LogP contribution in [0.25, 0.3) is 0 Å². The summed E-state index contributed by atoms with van der Waals surface area (Å²) in [6.07, 6.45) is 7.10. The highest BCUT2D eigenvalue weighted by Crippen LogP contribution is 2.35. The van der Waals surface area contributed by atoms with Crippen LogP contribution in [-0.2, 0) is 24.1 Å². The molecule has 0 spiro atoms. The molecule has 2 heterocycles. The van der Waals surface area contributed by atoms with Gasteiger partial charge >= 0.3 is 0 Å². The molecule has 10 heteroatoms. The number of benzene rings is 1. The second kappa shape index (κ2) is 11.0. The van der Waals surface area contributed by atoms with Gasteiger partial charge in [0.05, 0.1) is 19.0 Å². The monoisotopic (exact) mass is 518 g/mol. The lowest BCUT2D eigenvalue weighted by Gasteiger charge is -2.36. The molecule has 4 rings (SSSR count). The minimum Gasteiger partial charge on any atom is -0.497 e. The number of sulfone groups is 1. The Labute approximate surface area is 212 Å².